The molecule has 2 aromatic heterocycles. The molecule has 0 spiro atoms. The molecule has 0 aliphatic rings. The van der Waals surface area contributed by atoms with Gasteiger partial charge < -0.3 is 5.32 Å². The molecule has 0 bridgehead atoms. The van der Waals surface area contributed by atoms with Gasteiger partial charge in [0.15, 0.2) is 0 Å². The van der Waals surface area contributed by atoms with Gasteiger partial charge in [0.2, 0.25) is 0 Å². The Balaban J connectivity index is 2.37. The first kappa shape index (κ1) is 10.7. The fraction of sp³-hybridized carbons (Fsp3) is 0.250. The molecule has 1 atom stereocenters. The molecular formula is C12H14N4. The molecule has 0 fully saturated rings. The van der Waals surface area contributed by atoms with E-state index in [2.05, 4.69) is 26.3 Å². The van der Waals surface area contributed by atoms with Crippen LogP contribution in [0.5, 0.6) is 0 Å². The van der Waals surface area contributed by atoms with Crippen molar-refractivity contribution >= 4 is 0 Å². The zero-order valence-corrected chi connectivity index (χ0v) is 9.38. The predicted octanol–water partition coefficient (Wildman–Crippen LogP) is 1.49. The van der Waals surface area contributed by atoms with Gasteiger partial charge in [-0.25, -0.2) is 9.97 Å². The van der Waals surface area contributed by atoms with E-state index >= 15 is 0 Å². The molecule has 2 rings (SSSR count). The van der Waals surface area contributed by atoms with E-state index < -0.39 is 0 Å². The lowest BCUT2D eigenvalue weighted by Crippen LogP contribution is -2.19. The quantitative estimate of drug-likeness (QED) is 0.841. The second-order valence-corrected chi connectivity index (χ2v) is 3.65. The lowest BCUT2D eigenvalue weighted by molar-refractivity contribution is 0.665. The van der Waals surface area contributed by atoms with Gasteiger partial charge in [0.25, 0.3) is 0 Å². The van der Waals surface area contributed by atoms with Crippen LogP contribution in [0.25, 0.3) is 0 Å². The summed E-state index contributed by atoms with van der Waals surface area (Å²) >= 11 is 0. The maximum Gasteiger partial charge on any atom is 0.115 e. The van der Waals surface area contributed by atoms with Crippen molar-refractivity contribution in [2.45, 2.75) is 13.0 Å². The third-order valence-electron chi connectivity index (χ3n) is 2.42. The number of pyridine rings is 1. The van der Waals surface area contributed by atoms with Crippen LogP contribution in [0.4, 0.5) is 0 Å². The van der Waals surface area contributed by atoms with Crippen LogP contribution in [0, 0.1) is 6.92 Å². The number of aromatic nitrogens is 3. The Hall–Kier alpha value is -1.81. The van der Waals surface area contributed by atoms with Gasteiger partial charge in [-0.2, -0.15) is 0 Å². The topological polar surface area (TPSA) is 50.7 Å². The third-order valence-corrected chi connectivity index (χ3v) is 2.42. The molecule has 2 aromatic rings. The predicted molar refractivity (Wildman–Crippen MR) is 61.9 cm³/mol. The summed E-state index contributed by atoms with van der Waals surface area (Å²) < 4.78 is 0. The second-order valence-electron chi connectivity index (χ2n) is 3.65. The molecule has 0 radical (unpaired) electrons. The van der Waals surface area contributed by atoms with Gasteiger partial charge in [-0.1, -0.05) is 6.07 Å². The molecule has 4 nitrogen and oxygen atoms in total. The van der Waals surface area contributed by atoms with Crippen molar-refractivity contribution in [3.63, 3.8) is 0 Å². The van der Waals surface area contributed by atoms with E-state index in [1.807, 2.05) is 32.4 Å². The summed E-state index contributed by atoms with van der Waals surface area (Å²) in [5.74, 6) is 0. The van der Waals surface area contributed by atoms with E-state index in [1.165, 1.54) is 0 Å². The highest BCUT2D eigenvalue weighted by molar-refractivity contribution is 5.27. The van der Waals surface area contributed by atoms with Crippen molar-refractivity contribution in [3.8, 4) is 0 Å². The zero-order valence-electron chi connectivity index (χ0n) is 9.38. The molecule has 0 aromatic carbocycles. The van der Waals surface area contributed by atoms with E-state index in [-0.39, 0.29) is 6.04 Å². The first-order valence-electron chi connectivity index (χ1n) is 5.16. The fourth-order valence-corrected chi connectivity index (χ4v) is 1.69. The van der Waals surface area contributed by atoms with Crippen molar-refractivity contribution < 1.29 is 0 Å². The number of rotatable bonds is 3. The summed E-state index contributed by atoms with van der Waals surface area (Å²) in [5, 5.41) is 3.23. The van der Waals surface area contributed by atoms with Crippen molar-refractivity contribution in [2.75, 3.05) is 7.05 Å². The molecule has 0 saturated heterocycles. The van der Waals surface area contributed by atoms with Gasteiger partial charge in [0.05, 0.1) is 11.7 Å². The van der Waals surface area contributed by atoms with E-state index in [4.69, 9.17) is 0 Å². The molecular weight excluding hydrogens is 200 g/mol. The van der Waals surface area contributed by atoms with Crippen molar-refractivity contribution in [1.29, 1.82) is 0 Å². The molecule has 1 N–H and O–H groups in total. The van der Waals surface area contributed by atoms with Gasteiger partial charge in [0, 0.05) is 18.6 Å². The molecule has 1 unspecified atom stereocenters. The molecule has 0 amide bonds. The van der Waals surface area contributed by atoms with Crippen LogP contribution in [0.3, 0.4) is 0 Å². The highest BCUT2D eigenvalue weighted by atomic mass is 14.9. The first-order chi connectivity index (χ1) is 7.81. The summed E-state index contributed by atoms with van der Waals surface area (Å²) in [6, 6.07) is 4.08. The standard InChI is InChI=1S/C12H14N4/c1-9-5-10(7-15-6-9)12(13-2)11-3-4-14-8-16-11/h3-8,12-13H,1-2H3. The zero-order chi connectivity index (χ0) is 11.4. The Morgan fingerprint density at radius 1 is 1.25 bits per heavy atom. The van der Waals surface area contributed by atoms with Crippen LogP contribution in [0.1, 0.15) is 22.9 Å². The van der Waals surface area contributed by atoms with Crippen LogP contribution in [-0.4, -0.2) is 22.0 Å². The van der Waals surface area contributed by atoms with Gasteiger partial charge in [-0.3, -0.25) is 4.98 Å². The maximum absolute atomic E-state index is 4.25. The Morgan fingerprint density at radius 3 is 2.75 bits per heavy atom. The summed E-state index contributed by atoms with van der Waals surface area (Å²) in [6.45, 7) is 2.03. The SMILES string of the molecule is CNC(c1cncc(C)c1)c1ccncn1. The van der Waals surface area contributed by atoms with E-state index in [0.29, 0.717) is 0 Å². The number of hydrogen-bond donors (Lipinski definition) is 1. The lowest BCUT2D eigenvalue weighted by atomic mass is 10.0. The van der Waals surface area contributed by atoms with Crippen LogP contribution < -0.4 is 5.32 Å². The van der Waals surface area contributed by atoms with Crippen molar-refractivity contribution in [3.05, 3.63) is 53.9 Å². The summed E-state index contributed by atoms with van der Waals surface area (Å²) in [5.41, 5.74) is 3.21. The van der Waals surface area contributed by atoms with Gasteiger partial charge in [-0.15, -0.1) is 0 Å². The highest BCUT2D eigenvalue weighted by Crippen LogP contribution is 2.18. The third kappa shape index (κ3) is 2.23. The lowest BCUT2D eigenvalue weighted by Gasteiger charge is -2.15. The Bertz CT molecular complexity index is 456. The van der Waals surface area contributed by atoms with E-state index in [9.17, 15) is 0 Å². The van der Waals surface area contributed by atoms with Gasteiger partial charge in [0.1, 0.15) is 6.33 Å². The molecule has 0 aliphatic heterocycles. The monoisotopic (exact) mass is 214 g/mol. The van der Waals surface area contributed by atoms with Crippen LogP contribution in [0.15, 0.2) is 37.1 Å². The fourth-order valence-electron chi connectivity index (χ4n) is 1.69. The van der Waals surface area contributed by atoms with E-state index in [1.54, 1.807) is 12.5 Å². The highest BCUT2D eigenvalue weighted by Gasteiger charge is 2.13. The van der Waals surface area contributed by atoms with Crippen LogP contribution in [-0.2, 0) is 0 Å². The van der Waals surface area contributed by atoms with Gasteiger partial charge in [-0.05, 0) is 31.2 Å². The molecule has 16 heavy (non-hydrogen) atoms. The molecule has 0 aliphatic carbocycles. The number of aryl methyl sites for hydroxylation is 1. The minimum Gasteiger partial charge on any atom is -0.308 e. The summed E-state index contributed by atoms with van der Waals surface area (Å²) in [4.78, 5) is 12.4. The molecule has 82 valence electrons. The molecule has 4 heteroatoms. The second kappa shape index (κ2) is 4.81. The number of nitrogens with one attached hydrogen (secondary N) is 1. The van der Waals surface area contributed by atoms with E-state index in [0.717, 1.165) is 16.8 Å². The Labute approximate surface area is 94.8 Å². The Morgan fingerprint density at radius 2 is 2.12 bits per heavy atom. The average molecular weight is 214 g/mol. The molecule has 2 heterocycles. The minimum atomic E-state index is 0.0652. The molecule has 0 saturated carbocycles. The maximum atomic E-state index is 4.25. The van der Waals surface area contributed by atoms with Crippen molar-refractivity contribution in [1.82, 2.24) is 20.3 Å². The van der Waals surface area contributed by atoms with Crippen LogP contribution in [0.2, 0.25) is 0 Å². The normalized spacial score (nSPS) is 12.4. The number of nitrogens with zero attached hydrogens (tertiary/aromatic N) is 3. The van der Waals surface area contributed by atoms with Crippen molar-refractivity contribution in [2.24, 2.45) is 0 Å². The van der Waals surface area contributed by atoms with Crippen LogP contribution >= 0.6 is 0 Å². The Kier molecular flexibility index (Phi) is 3.22. The first-order valence-corrected chi connectivity index (χ1v) is 5.16. The summed E-state index contributed by atoms with van der Waals surface area (Å²) in [6.07, 6.45) is 7.01. The average Bonchev–Trinajstić information content (AvgIpc) is 2.31. The largest absolute Gasteiger partial charge is 0.308 e. The van der Waals surface area contributed by atoms with Gasteiger partial charge >= 0.3 is 0 Å². The smallest absolute Gasteiger partial charge is 0.115 e. The minimum absolute atomic E-state index is 0.0652. The number of hydrogen-bond acceptors (Lipinski definition) is 4. The summed E-state index contributed by atoms with van der Waals surface area (Å²) in [7, 11) is 1.91.